The molecular weight excluding hydrogens is 144 g/mol. The molecule has 0 aromatic rings. The van der Waals surface area contributed by atoms with E-state index in [0.29, 0.717) is 0 Å². The first kappa shape index (κ1) is 9.43. The van der Waals surface area contributed by atoms with E-state index >= 15 is 0 Å². The van der Waals surface area contributed by atoms with Crippen LogP contribution in [0, 0.1) is 0 Å². The number of carbonyl (C=O) groups excluding carboxylic acids is 1. The highest BCUT2D eigenvalue weighted by Gasteiger charge is 2.07. The summed E-state index contributed by atoms with van der Waals surface area (Å²) in [4.78, 5) is 10.6. The quantitative estimate of drug-likeness (QED) is 0.459. The van der Waals surface area contributed by atoms with Gasteiger partial charge in [0, 0.05) is 6.08 Å². The molecule has 2 nitrogen and oxygen atoms in total. The maximum atomic E-state index is 10.6. The Morgan fingerprint density at radius 2 is 2.40 bits per heavy atom. The van der Waals surface area contributed by atoms with Gasteiger partial charge in [0.2, 0.25) is 0 Å². The summed E-state index contributed by atoms with van der Waals surface area (Å²) < 4.78 is 4.98. The van der Waals surface area contributed by atoms with Crippen LogP contribution in [0.4, 0.5) is 0 Å². The number of carbonyl (C=O) groups is 1. The zero-order valence-electron chi connectivity index (χ0n) is 6.52. The normalized spacial score (nSPS) is 9.50. The van der Waals surface area contributed by atoms with Crippen LogP contribution in [0.3, 0.4) is 0 Å². The van der Waals surface area contributed by atoms with Crippen molar-refractivity contribution in [3.05, 3.63) is 12.7 Å². The lowest BCUT2D eigenvalue weighted by Gasteiger charge is -2.06. The molecule has 0 heterocycles. The van der Waals surface area contributed by atoms with Crippen molar-refractivity contribution in [3.63, 3.8) is 0 Å². The second-order valence-electron chi connectivity index (χ2n) is 2.08. The Kier molecular flexibility index (Phi) is 4.93. The molecule has 0 rings (SSSR count). The van der Waals surface area contributed by atoms with Gasteiger partial charge in [0.25, 0.3) is 9.04 Å². The molecule has 10 heavy (non-hydrogen) atoms. The van der Waals surface area contributed by atoms with Crippen LogP contribution in [-0.4, -0.2) is 15.0 Å². The molecule has 3 heteroatoms. The minimum atomic E-state index is -0.873. The van der Waals surface area contributed by atoms with Crippen LogP contribution in [0.2, 0.25) is 12.6 Å². The third-order valence-corrected chi connectivity index (χ3v) is 2.80. The van der Waals surface area contributed by atoms with Crippen LogP contribution >= 0.6 is 0 Å². The minimum Gasteiger partial charge on any atom is -0.515 e. The Morgan fingerprint density at radius 3 is 2.80 bits per heavy atom. The number of hydrogen-bond donors (Lipinski definition) is 0. The fourth-order valence-corrected chi connectivity index (χ4v) is 1.85. The first-order valence-corrected chi connectivity index (χ1v) is 5.49. The lowest BCUT2D eigenvalue weighted by Crippen LogP contribution is -2.16. The van der Waals surface area contributed by atoms with Gasteiger partial charge in [-0.05, 0) is 12.6 Å². The molecule has 0 amide bonds. The summed E-state index contributed by atoms with van der Waals surface area (Å²) in [6, 6.07) is 1.02. The SMILES string of the molecule is C=CC(=O)O[Si](C)CCC. The average Bonchev–Trinajstić information content (AvgIpc) is 1.88. The molecule has 0 N–H and O–H groups in total. The van der Waals surface area contributed by atoms with E-state index in [4.69, 9.17) is 4.43 Å². The Labute approximate surface area is 63.6 Å². The van der Waals surface area contributed by atoms with Crippen LogP contribution in [0.5, 0.6) is 0 Å². The highest BCUT2D eigenvalue weighted by molar-refractivity contribution is 6.52. The highest BCUT2D eigenvalue weighted by Crippen LogP contribution is 1.98. The van der Waals surface area contributed by atoms with Gasteiger partial charge in [-0.25, -0.2) is 4.79 Å². The molecule has 0 aromatic carbocycles. The first-order chi connectivity index (χ1) is 4.70. The van der Waals surface area contributed by atoms with Crippen molar-refractivity contribution in [2.75, 3.05) is 0 Å². The molecular formula is C7H13O2Si. The third-order valence-electron chi connectivity index (χ3n) is 1.04. The lowest BCUT2D eigenvalue weighted by atomic mass is 10.6. The molecule has 0 aliphatic carbocycles. The molecule has 0 spiro atoms. The molecule has 57 valence electrons. The van der Waals surface area contributed by atoms with Gasteiger partial charge >= 0.3 is 5.97 Å². The summed E-state index contributed by atoms with van der Waals surface area (Å²) in [6.07, 6.45) is 2.29. The van der Waals surface area contributed by atoms with E-state index < -0.39 is 9.04 Å². The summed E-state index contributed by atoms with van der Waals surface area (Å²) in [5, 5.41) is 0. The van der Waals surface area contributed by atoms with Crippen molar-refractivity contribution < 1.29 is 9.22 Å². The van der Waals surface area contributed by atoms with Crippen molar-refractivity contribution in [1.82, 2.24) is 0 Å². The molecule has 0 bridgehead atoms. The van der Waals surface area contributed by atoms with Gasteiger partial charge in [0.15, 0.2) is 0 Å². The Bertz CT molecular complexity index is 123. The molecule has 0 aromatic heterocycles. The second-order valence-corrected chi connectivity index (χ2v) is 4.19. The van der Waals surface area contributed by atoms with Crippen molar-refractivity contribution in [3.8, 4) is 0 Å². The number of rotatable bonds is 4. The largest absolute Gasteiger partial charge is 0.515 e. The molecule has 0 unspecified atom stereocenters. The van der Waals surface area contributed by atoms with Crippen molar-refractivity contribution in [2.45, 2.75) is 25.9 Å². The molecule has 0 aliphatic rings. The van der Waals surface area contributed by atoms with Gasteiger partial charge in [0.05, 0.1) is 0 Å². The van der Waals surface area contributed by atoms with E-state index in [1.807, 2.05) is 6.55 Å². The van der Waals surface area contributed by atoms with E-state index in [0.717, 1.165) is 12.5 Å². The molecule has 0 aliphatic heterocycles. The standard InChI is InChI=1S/C7H13O2Si/c1-4-6-10(3)9-7(8)5-2/h5H,2,4,6H2,1,3H3. The summed E-state index contributed by atoms with van der Waals surface area (Å²) in [7, 11) is -0.873. The zero-order valence-corrected chi connectivity index (χ0v) is 7.52. The molecule has 0 saturated heterocycles. The van der Waals surface area contributed by atoms with Gasteiger partial charge in [-0.2, -0.15) is 0 Å². The average molecular weight is 157 g/mol. The summed E-state index contributed by atoms with van der Waals surface area (Å²) >= 11 is 0. The van der Waals surface area contributed by atoms with Gasteiger partial charge in [-0.1, -0.05) is 19.9 Å². The van der Waals surface area contributed by atoms with E-state index in [9.17, 15) is 4.79 Å². The smallest absolute Gasteiger partial charge is 0.316 e. The highest BCUT2D eigenvalue weighted by atomic mass is 28.3. The monoisotopic (exact) mass is 157 g/mol. The Morgan fingerprint density at radius 1 is 1.80 bits per heavy atom. The first-order valence-electron chi connectivity index (χ1n) is 3.37. The maximum Gasteiger partial charge on any atom is 0.316 e. The predicted molar refractivity (Wildman–Crippen MR) is 43.0 cm³/mol. The predicted octanol–water partition coefficient (Wildman–Crippen LogP) is 1.75. The third kappa shape index (κ3) is 4.32. The van der Waals surface area contributed by atoms with Crippen LogP contribution in [0.25, 0.3) is 0 Å². The number of hydrogen-bond acceptors (Lipinski definition) is 2. The van der Waals surface area contributed by atoms with Crippen LogP contribution in [-0.2, 0) is 9.22 Å². The van der Waals surface area contributed by atoms with Gasteiger partial charge in [0.1, 0.15) is 0 Å². The van der Waals surface area contributed by atoms with Gasteiger partial charge in [-0.15, -0.1) is 0 Å². The second kappa shape index (κ2) is 5.23. The topological polar surface area (TPSA) is 26.3 Å². The fourth-order valence-electron chi connectivity index (χ4n) is 0.616. The van der Waals surface area contributed by atoms with Crippen molar-refractivity contribution in [2.24, 2.45) is 0 Å². The summed E-state index contributed by atoms with van der Waals surface area (Å²) in [6.45, 7) is 7.38. The zero-order chi connectivity index (χ0) is 7.98. The van der Waals surface area contributed by atoms with Gasteiger partial charge in [-0.3, -0.25) is 0 Å². The van der Waals surface area contributed by atoms with E-state index in [2.05, 4.69) is 13.5 Å². The van der Waals surface area contributed by atoms with Gasteiger partial charge < -0.3 is 4.43 Å². The molecule has 1 radical (unpaired) electrons. The molecule has 0 saturated carbocycles. The van der Waals surface area contributed by atoms with Crippen molar-refractivity contribution in [1.29, 1.82) is 0 Å². The Hall–Kier alpha value is -0.573. The lowest BCUT2D eigenvalue weighted by molar-refractivity contribution is -0.129. The molecule has 0 atom stereocenters. The van der Waals surface area contributed by atoms with E-state index in [-0.39, 0.29) is 5.97 Å². The van der Waals surface area contributed by atoms with Crippen LogP contribution in [0.1, 0.15) is 13.3 Å². The summed E-state index contributed by atoms with van der Waals surface area (Å²) in [5.41, 5.74) is 0. The maximum absolute atomic E-state index is 10.6. The molecule has 0 fully saturated rings. The van der Waals surface area contributed by atoms with E-state index in [1.54, 1.807) is 0 Å². The van der Waals surface area contributed by atoms with E-state index in [1.165, 1.54) is 6.08 Å². The Balaban J connectivity index is 3.46. The van der Waals surface area contributed by atoms with Crippen LogP contribution in [0.15, 0.2) is 12.7 Å². The summed E-state index contributed by atoms with van der Waals surface area (Å²) in [5.74, 6) is -0.287. The van der Waals surface area contributed by atoms with Crippen LogP contribution < -0.4 is 0 Å². The fraction of sp³-hybridized carbons (Fsp3) is 0.571. The van der Waals surface area contributed by atoms with Crippen molar-refractivity contribution >= 4 is 15.0 Å². The minimum absolute atomic E-state index is 0.287.